The minimum Gasteiger partial charge on any atom is -0.484 e. The van der Waals surface area contributed by atoms with E-state index >= 15 is 0 Å². The van der Waals surface area contributed by atoms with Gasteiger partial charge in [0.05, 0.1) is 24.2 Å². The smallest absolute Gasteiger partial charge is 0.292 e. The highest BCUT2D eigenvalue weighted by Crippen LogP contribution is 2.38. The molecule has 2 aliphatic rings. The van der Waals surface area contributed by atoms with Crippen LogP contribution in [0.25, 0.3) is 0 Å². The van der Waals surface area contributed by atoms with Gasteiger partial charge in [0.2, 0.25) is 5.76 Å². The van der Waals surface area contributed by atoms with Crippen LogP contribution in [0, 0.1) is 5.92 Å². The molecule has 0 aliphatic carbocycles. The fourth-order valence-corrected chi connectivity index (χ4v) is 3.77. The van der Waals surface area contributed by atoms with Crippen molar-refractivity contribution in [2.75, 3.05) is 13.1 Å². The van der Waals surface area contributed by atoms with Crippen molar-refractivity contribution in [2.45, 2.75) is 38.7 Å². The van der Waals surface area contributed by atoms with Crippen molar-refractivity contribution in [1.29, 1.82) is 0 Å². The number of hydrogen-bond acceptors (Lipinski definition) is 5. The van der Waals surface area contributed by atoms with Gasteiger partial charge in [0.25, 0.3) is 5.91 Å². The molecule has 0 radical (unpaired) electrons. The first kappa shape index (κ1) is 16.8. The maximum atomic E-state index is 12.8. The largest absolute Gasteiger partial charge is 0.484 e. The quantitative estimate of drug-likeness (QED) is 0.847. The van der Waals surface area contributed by atoms with E-state index in [0.717, 1.165) is 12.1 Å². The molecule has 0 bridgehead atoms. The van der Waals surface area contributed by atoms with Gasteiger partial charge in [0.1, 0.15) is 11.4 Å². The molecule has 1 amide bonds. The molecule has 1 fully saturated rings. The van der Waals surface area contributed by atoms with Gasteiger partial charge in [-0.1, -0.05) is 31.1 Å². The number of carbonyl (C=O) groups excluding carboxylic acids is 2. The number of ketones is 1. The summed E-state index contributed by atoms with van der Waals surface area (Å²) >= 11 is 0. The number of benzene rings is 1. The Balaban J connectivity index is 1.49. The molecule has 26 heavy (non-hydrogen) atoms. The monoisotopic (exact) mass is 354 g/mol. The van der Waals surface area contributed by atoms with Crippen molar-refractivity contribution in [3.05, 3.63) is 47.3 Å². The van der Waals surface area contributed by atoms with E-state index in [1.54, 1.807) is 17.0 Å². The first-order chi connectivity index (χ1) is 12.5. The summed E-state index contributed by atoms with van der Waals surface area (Å²) in [5.74, 6) is 1.18. The van der Waals surface area contributed by atoms with Crippen molar-refractivity contribution in [3.8, 4) is 5.75 Å². The number of para-hydroxylation sites is 1. The van der Waals surface area contributed by atoms with Gasteiger partial charge in [-0.2, -0.15) is 0 Å². The summed E-state index contributed by atoms with van der Waals surface area (Å²) in [6.07, 6.45) is 1.70. The number of Topliss-reactive ketones (excluding diaryl/α,β-unsaturated/α-hetero) is 1. The van der Waals surface area contributed by atoms with Crippen LogP contribution in [0.4, 0.5) is 0 Å². The van der Waals surface area contributed by atoms with Crippen LogP contribution < -0.4 is 4.74 Å². The van der Waals surface area contributed by atoms with Crippen molar-refractivity contribution >= 4 is 11.7 Å². The summed E-state index contributed by atoms with van der Waals surface area (Å²) in [6.45, 7) is 5.10. The zero-order valence-electron chi connectivity index (χ0n) is 15.0. The molecular formula is C20H22N2O4. The summed E-state index contributed by atoms with van der Waals surface area (Å²) in [5.41, 5.74) is 0.772. The number of fused-ring (bicyclic) bond motifs is 1. The van der Waals surface area contributed by atoms with Crippen LogP contribution in [0.15, 0.2) is 34.9 Å². The van der Waals surface area contributed by atoms with Crippen LogP contribution in [0.2, 0.25) is 0 Å². The Morgan fingerprint density at radius 3 is 2.96 bits per heavy atom. The number of likely N-dealkylation sites (tertiary alicyclic amines) is 1. The molecule has 0 unspecified atom stereocenters. The van der Waals surface area contributed by atoms with Crippen LogP contribution in [-0.2, 0) is 6.42 Å². The number of aromatic nitrogens is 1. The van der Waals surface area contributed by atoms with Crippen LogP contribution in [0.1, 0.15) is 53.3 Å². The van der Waals surface area contributed by atoms with Gasteiger partial charge in [-0.05, 0) is 24.5 Å². The Morgan fingerprint density at radius 2 is 2.15 bits per heavy atom. The standard InChI is InChI=1S/C20H22N2O4/c1-13(2)9-14-10-18(26-21-14)19(24)22-8-7-20(12-22)11-16(23)15-5-3-4-6-17(15)25-20/h3-6,10,13H,7-9,11-12H2,1-2H3/t20-/m1/s1. The van der Waals surface area contributed by atoms with Crippen LogP contribution in [0.5, 0.6) is 5.75 Å². The highest BCUT2D eigenvalue weighted by molar-refractivity contribution is 6.00. The van der Waals surface area contributed by atoms with Gasteiger partial charge in [0, 0.05) is 19.0 Å². The fraction of sp³-hybridized carbons (Fsp3) is 0.450. The third-order valence-corrected chi connectivity index (χ3v) is 4.99. The van der Waals surface area contributed by atoms with E-state index in [1.165, 1.54) is 0 Å². The third kappa shape index (κ3) is 3.00. The predicted molar refractivity (Wildman–Crippen MR) is 94.3 cm³/mol. The maximum absolute atomic E-state index is 12.8. The van der Waals surface area contributed by atoms with E-state index in [1.807, 2.05) is 18.2 Å². The van der Waals surface area contributed by atoms with E-state index in [9.17, 15) is 9.59 Å². The summed E-state index contributed by atoms with van der Waals surface area (Å²) < 4.78 is 11.4. The highest BCUT2D eigenvalue weighted by Gasteiger charge is 2.47. The van der Waals surface area contributed by atoms with E-state index in [4.69, 9.17) is 9.26 Å². The molecule has 0 saturated carbocycles. The Labute approximate surface area is 152 Å². The second kappa shape index (κ2) is 6.27. The summed E-state index contributed by atoms with van der Waals surface area (Å²) in [7, 11) is 0. The average Bonchev–Trinajstić information content (AvgIpc) is 3.21. The van der Waals surface area contributed by atoms with Crippen molar-refractivity contribution in [3.63, 3.8) is 0 Å². The number of hydrogen-bond donors (Lipinski definition) is 0. The number of ether oxygens (including phenoxy) is 1. The molecule has 2 aliphatic heterocycles. The lowest BCUT2D eigenvalue weighted by molar-refractivity contribution is 0.0419. The lowest BCUT2D eigenvalue weighted by Gasteiger charge is -2.34. The zero-order valence-corrected chi connectivity index (χ0v) is 15.0. The lowest BCUT2D eigenvalue weighted by Crippen LogP contribution is -2.45. The SMILES string of the molecule is CC(C)Cc1cc(C(=O)N2CC[C@@]3(CC(=O)c4ccccc4O3)C2)on1. The Morgan fingerprint density at radius 1 is 1.35 bits per heavy atom. The first-order valence-electron chi connectivity index (χ1n) is 9.02. The minimum absolute atomic E-state index is 0.0695. The van der Waals surface area contributed by atoms with Gasteiger partial charge >= 0.3 is 0 Å². The van der Waals surface area contributed by atoms with Gasteiger partial charge in [-0.15, -0.1) is 0 Å². The molecule has 1 aromatic heterocycles. The van der Waals surface area contributed by atoms with E-state index in [-0.39, 0.29) is 17.5 Å². The predicted octanol–water partition coefficient (Wildman–Crippen LogP) is 3.12. The number of amides is 1. The minimum atomic E-state index is -0.637. The topological polar surface area (TPSA) is 72.6 Å². The van der Waals surface area contributed by atoms with Crippen molar-refractivity contribution in [2.24, 2.45) is 5.92 Å². The Bertz CT molecular complexity index is 857. The Hall–Kier alpha value is -2.63. The molecule has 1 saturated heterocycles. The Kier molecular flexibility index (Phi) is 4.05. The molecular weight excluding hydrogens is 332 g/mol. The molecule has 1 aromatic carbocycles. The molecule has 136 valence electrons. The number of carbonyl (C=O) groups is 2. The molecule has 0 N–H and O–H groups in total. The molecule has 1 spiro atoms. The molecule has 6 nitrogen and oxygen atoms in total. The lowest BCUT2D eigenvalue weighted by atomic mass is 9.89. The highest BCUT2D eigenvalue weighted by atomic mass is 16.5. The molecule has 2 aromatic rings. The average molecular weight is 354 g/mol. The van der Waals surface area contributed by atoms with Crippen LogP contribution in [-0.4, -0.2) is 40.4 Å². The first-order valence-corrected chi connectivity index (χ1v) is 9.02. The maximum Gasteiger partial charge on any atom is 0.292 e. The summed E-state index contributed by atoms with van der Waals surface area (Å²) in [5, 5.41) is 3.99. The van der Waals surface area contributed by atoms with Gasteiger partial charge < -0.3 is 14.2 Å². The summed E-state index contributed by atoms with van der Waals surface area (Å²) in [4.78, 5) is 26.9. The van der Waals surface area contributed by atoms with E-state index in [0.29, 0.717) is 43.2 Å². The van der Waals surface area contributed by atoms with E-state index in [2.05, 4.69) is 19.0 Å². The fourth-order valence-electron chi connectivity index (χ4n) is 3.77. The third-order valence-electron chi connectivity index (χ3n) is 4.99. The van der Waals surface area contributed by atoms with Gasteiger partial charge in [-0.3, -0.25) is 9.59 Å². The van der Waals surface area contributed by atoms with Crippen molar-refractivity contribution < 1.29 is 18.8 Å². The molecule has 1 atom stereocenters. The van der Waals surface area contributed by atoms with Crippen molar-refractivity contribution in [1.82, 2.24) is 10.1 Å². The second-order valence-corrected chi connectivity index (χ2v) is 7.64. The number of rotatable bonds is 3. The van der Waals surface area contributed by atoms with Gasteiger partial charge in [0.15, 0.2) is 5.78 Å². The van der Waals surface area contributed by atoms with Crippen LogP contribution >= 0.6 is 0 Å². The molecule has 4 rings (SSSR count). The second-order valence-electron chi connectivity index (χ2n) is 7.64. The van der Waals surface area contributed by atoms with E-state index < -0.39 is 5.60 Å². The normalized spacial score (nSPS) is 22.0. The van der Waals surface area contributed by atoms with Gasteiger partial charge in [-0.25, -0.2) is 0 Å². The zero-order chi connectivity index (χ0) is 18.3. The molecule has 6 heteroatoms. The number of nitrogens with zero attached hydrogens (tertiary/aromatic N) is 2. The summed E-state index contributed by atoms with van der Waals surface area (Å²) in [6, 6.07) is 9.00. The molecule has 3 heterocycles. The van der Waals surface area contributed by atoms with Crippen LogP contribution in [0.3, 0.4) is 0 Å².